The number of thiophene rings is 2. The fourth-order valence-electron chi connectivity index (χ4n) is 8.30. The van der Waals surface area contributed by atoms with Crippen molar-refractivity contribution in [3.63, 3.8) is 0 Å². The number of fused-ring (bicyclic) bond motifs is 10. The van der Waals surface area contributed by atoms with Gasteiger partial charge in [0.1, 0.15) is 0 Å². The minimum atomic E-state index is 1.19. The second-order valence-electron chi connectivity index (χ2n) is 14.9. The van der Waals surface area contributed by atoms with Gasteiger partial charge >= 0.3 is 0 Å². The Kier molecular flexibility index (Phi) is 6.89. The Bertz CT molecular complexity index is 3030. The highest BCUT2D eigenvalue weighted by atomic mass is 32.1. The third-order valence-electron chi connectivity index (χ3n) is 11.2. The van der Waals surface area contributed by atoms with Crippen LogP contribution in [0.25, 0.3) is 96.0 Å². The van der Waals surface area contributed by atoms with E-state index in [0.29, 0.717) is 0 Å². The smallest absolute Gasteiger partial charge is 0.0728 e. The van der Waals surface area contributed by atoms with E-state index in [1.165, 1.54) is 118 Å². The van der Waals surface area contributed by atoms with Gasteiger partial charge in [-0.3, -0.25) is 0 Å². The fraction of sp³-hybridized carbons (Fsp3) is 0.0800. The van der Waals surface area contributed by atoms with Gasteiger partial charge in [-0.05, 0) is 98.5 Å². The lowest BCUT2D eigenvalue weighted by molar-refractivity contribution is 1.18. The first-order valence-corrected chi connectivity index (χ1v) is 20.2. The van der Waals surface area contributed by atoms with E-state index in [2.05, 4.69) is 182 Å². The molecule has 4 heteroatoms. The molecule has 4 aromatic heterocycles. The molecule has 11 aromatic rings. The van der Waals surface area contributed by atoms with E-state index in [1.807, 2.05) is 22.7 Å². The van der Waals surface area contributed by atoms with Gasteiger partial charge in [0.15, 0.2) is 0 Å². The Hall–Kier alpha value is -5.94. The van der Waals surface area contributed by atoms with Crippen molar-refractivity contribution in [1.82, 2.24) is 9.13 Å². The van der Waals surface area contributed by atoms with Crippen LogP contribution in [0.5, 0.6) is 0 Å². The Morgan fingerprint density at radius 2 is 0.667 bits per heavy atom. The van der Waals surface area contributed by atoms with Gasteiger partial charge in [-0.2, -0.15) is 0 Å². The Balaban J connectivity index is 1.20. The molecule has 258 valence electrons. The molecule has 11 rings (SSSR count). The zero-order valence-electron chi connectivity index (χ0n) is 30.6. The van der Waals surface area contributed by atoms with E-state index in [9.17, 15) is 0 Å². The third kappa shape index (κ3) is 4.77. The first-order valence-electron chi connectivity index (χ1n) is 18.6. The standard InChI is InChI=1S/C50H36N2S2/c1-29-5-13-33(14-6-29)35-17-23-39-43(25-35)51(37-19-9-31(3)10-20-37)47-41-27-46-42(28-45(41)53-49(39)47)48-50(54-46)40-24-18-36(34-15-7-30(2)8-16-34)26-44(40)52(48)38-21-11-32(4)12-22-38/h5-28H,1-4H3. The molecule has 0 spiro atoms. The second kappa shape index (κ2) is 11.8. The maximum Gasteiger partial charge on any atom is 0.0728 e. The molecule has 2 nitrogen and oxygen atoms in total. The average Bonchev–Trinajstić information content (AvgIpc) is 3.91. The highest BCUT2D eigenvalue weighted by Crippen LogP contribution is 2.49. The van der Waals surface area contributed by atoms with Crippen molar-refractivity contribution in [3.05, 3.63) is 168 Å². The lowest BCUT2D eigenvalue weighted by Gasteiger charge is -2.11. The van der Waals surface area contributed by atoms with Gasteiger partial charge in [0.25, 0.3) is 0 Å². The van der Waals surface area contributed by atoms with Crippen LogP contribution in [0.2, 0.25) is 0 Å². The molecule has 0 aliphatic heterocycles. The van der Waals surface area contributed by atoms with E-state index in [-0.39, 0.29) is 0 Å². The summed E-state index contributed by atoms with van der Waals surface area (Å²) in [5, 5.41) is 5.22. The number of benzene rings is 7. The number of hydrogen-bond donors (Lipinski definition) is 0. The van der Waals surface area contributed by atoms with Gasteiger partial charge in [-0.25, -0.2) is 0 Å². The third-order valence-corrected chi connectivity index (χ3v) is 13.6. The summed E-state index contributed by atoms with van der Waals surface area (Å²) in [5.41, 5.74) is 17.5. The summed E-state index contributed by atoms with van der Waals surface area (Å²) in [5.74, 6) is 0. The highest BCUT2D eigenvalue weighted by molar-refractivity contribution is 7.28. The number of aryl methyl sites for hydroxylation is 4. The molecule has 0 N–H and O–H groups in total. The highest BCUT2D eigenvalue weighted by Gasteiger charge is 2.23. The van der Waals surface area contributed by atoms with Gasteiger partial charge < -0.3 is 9.13 Å². The molecule has 0 saturated heterocycles. The first kappa shape index (κ1) is 31.6. The van der Waals surface area contributed by atoms with Gasteiger partial charge in [-0.1, -0.05) is 119 Å². The van der Waals surface area contributed by atoms with Crippen molar-refractivity contribution in [1.29, 1.82) is 0 Å². The van der Waals surface area contributed by atoms with Crippen molar-refractivity contribution in [2.45, 2.75) is 27.7 Å². The van der Waals surface area contributed by atoms with Crippen LogP contribution in [0.3, 0.4) is 0 Å². The van der Waals surface area contributed by atoms with Gasteiger partial charge in [-0.15, -0.1) is 22.7 Å². The summed E-state index contributed by atoms with van der Waals surface area (Å²) in [7, 11) is 0. The van der Waals surface area contributed by atoms with E-state index in [0.717, 1.165) is 0 Å². The van der Waals surface area contributed by atoms with Crippen LogP contribution in [0.1, 0.15) is 22.3 Å². The molecular formula is C50H36N2S2. The zero-order valence-corrected chi connectivity index (χ0v) is 32.2. The van der Waals surface area contributed by atoms with Gasteiger partial charge in [0, 0.05) is 42.3 Å². The summed E-state index contributed by atoms with van der Waals surface area (Å²) in [6.07, 6.45) is 0. The van der Waals surface area contributed by atoms with E-state index >= 15 is 0 Å². The predicted octanol–water partition coefficient (Wildman–Crippen LogP) is 14.9. The molecule has 0 aliphatic rings. The number of nitrogens with zero attached hydrogens (tertiary/aromatic N) is 2. The molecule has 4 heterocycles. The van der Waals surface area contributed by atoms with E-state index < -0.39 is 0 Å². The van der Waals surface area contributed by atoms with Crippen LogP contribution in [0, 0.1) is 27.7 Å². The predicted molar refractivity (Wildman–Crippen MR) is 236 cm³/mol. The fourth-order valence-corrected chi connectivity index (χ4v) is 10.8. The van der Waals surface area contributed by atoms with Crippen LogP contribution < -0.4 is 0 Å². The zero-order chi connectivity index (χ0) is 36.2. The molecule has 0 atom stereocenters. The first-order chi connectivity index (χ1) is 26.4. The molecular weight excluding hydrogens is 693 g/mol. The summed E-state index contributed by atoms with van der Waals surface area (Å²) in [6.45, 7) is 8.62. The molecule has 0 saturated carbocycles. The second-order valence-corrected chi connectivity index (χ2v) is 17.0. The molecule has 0 fully saturated rings. The van der Waals surface area contributed by atoms with Crippen molar-refractivity contribution in [3.8, 4) is 33.6 Å². The maximum atomic E-state index is 2.51. The monoisotopic (exact) mass is 728 g/mol. The summed E-state index contributed by atoms with van der Waals surface area (Å²) < 4.78 is 10.3. The summed E-state index contributed by atoms with van der Waals surface area (Å²) in [6, 6.07) is 54.8. The van der Waals surface area contributed by atoms with Crippen molar-refractivity contribution >= 4 is 85.1 Å². The van der Waals surface area contributed by atoms with E-state index in [1.54, 1.807) is 0 Å². The molecule has 0 amide bonds. The minimum Gasteiger partial charge on any atom is -0.308 e. The number of aromatic nitrogens is 2. The maximum absolute atomic E-state index is 2.51. The van der Waals surface area contributed by atoms with E-state index in [4.69, 9.17) is 0 Å². The number of hydrogen-bond acceptors (Lipinski definition) is 2. The summed E-state index contributed by atoms with van der Waals surface area (Å²) >= 11 is 3.85. The lowest BCUT2D eigenvalue weighted by atomic mass is 10.0. The summed E-state index contributed by atoms with van der Waals surface area (Å²) in [4.78, 5) is 0. The molecule has 54 heavy (non-hydrogen) atoms. The van der Waals surface area contributed by atoms with Crippen molar-refractivity contribution in [2.24, 2.45) is 0 Å². The van der Waals surface area contributed by atoms with Gasteiger partial charge in [0.05, 0.1) is 31.5 Å². The quantitative estimate of drug-likeness (QED) is 0.171. The van der Waals surface area contributed by atoms with Crippen molar-refractivity contribution in [2.75, 3.05) is 0 Å². The Morgan fingerprint density at radius 3 is 1.04 bits per heavy atom. The van der Waals surface area contributed by atoms with Crippen LogP contribution >= 0.6 is 22.7 Å². The molecule has 0 aliphatic carbocycles. The van der Waals surface area contributed by atoms with Gasteiger partial charge in [0.2, 0.25) is 0 Å². The average molecular weight is 729 g/mol. The van der Waals surface area contributed by atoms with Crippen LogP contribution in [-0.4, -0.2) is 9.13 Å². The Labute approximate surface area is 321 Å². The molecule has 0 bridgehead atoms. The largest absolute Gasteiger partial charge is 0.308 e. The van der Waals surface area contributed by atoms with Crippen LogP contribution in [0.4, 0.5) is 0 Å². The molecule has 7 aromatic carbocycles. The SMILES string of the molecule is Cc1ccc(-c2ccc3c4sc5cc6c(cc5c4n(-c4ccc(C)cc4)c3c2)sc2c3ccc(-c4ccc(C)cc4)cc3n(-c3ccc(C)cc3)c62)cc1. The van der Waals surface area contributed by atoms with Crippen molar-refractivity contribution < 1.29 is 0 Å². The Morgan fingerprint density at radius 1 is 0.333 bits per heavy atom. The topological polar surface area (TPSA) is 9.86 Å². The van der Waals surface area contributed by atoms with Crippen LogP contribution in [-0.2, 0) is 0 Å². The molecule has 0 unspecified atom stereocenters. The van der Waals surface area contributed by atoms with Crippen LogP contribution in [0.15, 0.2) is 146 Å². The minimum absolute atomic E-state index is 1.19. The molecule has 0 radical (unpaired) electrons. The lowest BCUT2D eigenvalue weighted by Crippen LogP contribution is -1.94. The number of rotatable bonds is 4. The normalized spacial score (nSPS) is 12.1.